The molecule has 0 aliphatic heterocycles. The lowest BCUT2D eigenvalue weighted by Crippen LogP contribution is -2.37. The number of likely N-dealkylation sites (N-methyl/N-ethyl adjacent to an activating group) is 1. The molecule has 198 valence electrons. The molecule has 0 aliphatic rings. The standard InChI is InChI=1S/C27H56NO4P/c1-5-6-7-8-9-10-11-12-13-14-15-16-17-18-19-20-21-22-23-24-26-31-33(29,30)32-27-25-28(2,3)4/h15-16H,5-14,17-27H2,1-4H3/p+1/b16-15-. The maximum atomic E-state index is 11.8. The van der Waals surface area contributed by atoms with Gasteiger partial charge in [-0.05, 0) is 32.1 Å². The molecule has 0 heterocycles. The van der Waals surface area contributed by atoms with Gasteiger partial charge in [-0.15, -0.1) is 0 Å². The van der Waals surface area contributed by atoms with Gasteiger partial charge in [0.1, 0.15) is 13.2 Å². The monoisotopic (exact) mass is 490 g/mol. The molecule has 0 aromatic carbocycles. The van der Waals surface area contributed by atoms with E-state index >= 15 is 0 Å². The van der Waals surface area contributed by atoms with Gasteiger partial charge in [0.2, 0.25) is 0 Å². The molecule has 0 saturated carbocycles. The van der Waals surface area contributed by atoms with Crippen molar-refractivity contribution in [3.8, 4) is 0 Å². The first-order valence-corrected chi connectivity index (χ1v) is 15.3. The molecule has 0 aromatic rings. The van der Waals surface area contributed by atoms with Crippen LogP contribution in [0.15, 0.2) is 12.2 Å². The molecular weight excluding hydrogens is 433 g/mol. The zero-order valence-electron chi connectivity index (χ0n) is 22.6. The van der Waals surface area contributed by atoms with Crippen molar-refractivity contribution in [1.29, 1.82) is 0 Å². The van der Waals surface area contributed by atoms with Crippen molar-refractivity contribution in [2.24, 2.45) is 0 Å². The predicted octanol–water partition coefficient (Wildman–Crippen LogP) is 8.42. The second kappa shape index (κ2) is 22.3. The average molecular weight is 491 g/mol. The van der Waals surface area contributed by atoms with Crippen LogP contribution in [0.2, 0.25) is 0 Å². The van der Waals surface area contributed by atoms with Gasteiger partial charge in [0, 0.05) is 0 Å². The maximum absolute atomic E-state index is 11.8. The normalized spacial score (nSPS) is 14.2. The van der Waals surface area contributed by atoms with E-state index in [-0.39, 0.29) is 6.61 Å². The molecule has 1 unspecified atom stereocenters. The maximum Gasteiger partial charge on any atom is 0.472 e. The van der Waals surface area contributed by atoms with E-state index in [2.05, 4.69) is 19.1 Å². The zero-order valence-corrected chi connectivity index (χ0v) is 23.5. The molecule has 0 radical (unpaired) electrons. The van der Waals surface area contributed by atoms with Crippen molar-refractivity contribution in [1.82, 2.24) is 0 Å². The number of quaternary nitrogens is 1. The first-order valence-electron chi connectivity index (χ1n) is 13.8. The third-order valence-electron chi connectivity index (χ3n) is 5.93. The second-order valence-electron chi connectivity index (χ2n) is 10.5. The van der Waals surface area contributed by atoms with Gasteiger partial charge in [-0.1, -0.05) is 103 Å². The minimum Gasteiger partial charge on any atom is -0.329 e. The number of rotatable bonds is 25. The Morgan fingerprint density at radius 1 is 0.636 bits per heavy atom. The molecule has 1 atom stereocenters. The van der Waals surface area contributed by atoms with Crippen molar-refractivity contribution in [2.75, 3.05) is 40.9 Å². The Kier molecular flexibility index (Phi) is 22.2. The number of phosphoric acid groups is 1. The molecule has 0 amide bonds. The second-order valence-corrected chi connectivity index (χ2v) is 12.0. The molecule has 0 aromatic heterocycles. The summed E-state index contributed by atoms with van der Waals surface area (Å²) in [6.07, 6.45) is 27.9. The minimum absolute atomic E-state index is 0.228. The van der Waals surface area contributed by atoms with Gasteiger partial charge < -0.3 is 9.38 Å². The van der Waals surface area contributed by atoms with Gasteiger partial charge in [-0.25, -0.2) is 4.57 Å². The highest BCUT2D eigenvalue weighted by Gasteiger charge is 2.21. The topological polar surface area (TPSA) is 55.8 Å². The van der Waals surface area contributed by atoms with Crippen LogP contribution < -0.4 is 0 Å². The molecule has 0 aliphatic carbocycles. The Bertz CT molecular complexity index is 491. The van der Waals surface area contributed by atoms with Crippen molar-refractivity contribution < 1.29 is 23.0 Å². The fourth-order valence-electron chi connectivity index (χ4n) is 3.70. The molecule has 6 heteroatoms. The van der Waals surface area contributed by atoms with E-state index in [1.165, 1.54) is 96.3 Å². The summed E-state index contributed by atoms with van der Waals surface area (Å²) in [5.74, 6) is 0. The molecule has 0 rings (SSSR count). The Morgan fingerprint density at radius 2 is 1.03 bits per heavy atom. The van der Waals surface area contributed by atoms with Gasteiger partial charge >= 0.3 is 7.82 Å². The number of unbranched alkanes of at least 4 members (excludes halogenated alkanes) is 16. The highest BCUT2D eigenvalue weighted by Crippen LogP contribution is 2.43. The third kappa shape index (κ3) is 27.9. The van der Waals surface area contributed by atoms with Crippen LogP contribution in [0.1, 0.15) is 122 Å². The van der Waals surface area contributed by atoms with Crippen molar-refractivity contribution in [3.63, 3.8) is 0 Å². The molecular formula is C27H57NO4P+. The summed E-state index contributed by atoms with van der Waals surface area (Å²) in [4.78, 5) is 9.67. The van der Waals surface area contributed by atoms with E-state index in [1.54, 1.807) is 0 Å². The summed E-state index contributed by atoms with van der Waals surface area (Å²) in [5, 5.41) is 0. The van der Waals surface area contributed by atoms with E-state index in [0.29, 0.717) is 17.6 Å². The Balaban J connectivity index is 3.31. The van der Waals surface area contributed by atoms with Crippen LogP contribution in [0.25, 0.3) is 0 Å². The molecule has 1 N–H and O–H groups in total. The van der Waals surface area contributed by atoms with Gasteiger partial charge in [0.05, 0.1) is 27.7 Å². The molecule has 5 nitrogen and oxygen atoms in total. The lowest BCUT2D eigenvalue weighted by molar-refractivity contribution is -0.870. The smallest absolute Gasteiger partial charge is 0.329 e. The van der Waals surface area contributed by atoms with E-state index in [4.69, 9.17) is 9.05 Å². The van der Waals surface area contributed by atoms with Crippen LogP contribution in [0.4, 0.5) is 0 Å². The van der Waals surface area contributed by atoms with Crippen LogP contribution in [-0.4, -0.2) is 50.3 Å². The number of phosphoric ester groups is 1. The van der Waals surface area contributed by atoms with Crippen molar-refractivity contribution in [2.45, 2.75) is 122 Å². The highest BCUT2D eigenvalue weighted by atomic mass is 31.2. The van der Waals surface area contributed by atoms with Gasteiger partial charge in [-0.3, -0.25) is 9.05 Å². The van der Waals surface area contributed by atoms with Gasteiger partial charge in [0.25, 0.3) is 0 Å². The lowest BCUT2D eigenvalue weighted by Gasteiger charge is -2.24. The molecule has 33 heavy (non-hydrogen) atoms. The predicted molar refractivity (Wildman–Crippen MR) is 143 cm³/mol. The van der Waals surface area contributed by atoms with Crippen LogP contribution in [-0.2, 0) is 13.6 Å². The number of allylic oxidation sites excluding steroid dienone is 2. The molecule has 0 spiro atoms. The van der Waals surface area contributed by atoms with Crippen molar-refractivity contribution in [3.05, 3.63) is 12.2 Å². The largest absolute Gasteiger partial charge is 0.472 e. The molecule has 0 bridgehead atoms. The summed E-state index contributed by atoms with van der Waals surface area (Å²) < 4.78 is 22.6. The van der Waals surface area contributed by atoms with E-state index in [0.717, 1.165) is 19.3 Å². The highest BCUT2D eigenvalue weighted by molar-refractivity contribution is 7.47. The number of nitrogens with zero attached hydrogens (tertiary/aromatic N) is 1. The summed E-state index contributed by atoms with van der Waals surface area (Å²) in [6, 6.07) is 0. The Labute approximate surface area is 206 Å². The summed E-state index contributed by atoms with van der Waals surface area (Å²) in [6.45, 7) is 3.47. The van der Waals surface area contributed by atoms with Crippen LogP contribution in [0.3, 0.4) is 0 Å². The molecule has 0 fully saturated rings. The fourth-order valence-corrected chi connectivity index (χ4v) is 4.45. The lowest BCUT2D eigenvalue weighted by atomic mass is 10.1. The van der Waals surface area contributed by atoms with Crippen LogP contribution in [0.5, 0.6) is 0 Å². The third-order valence-corrected chi connectivity index (χ3v) is 6.94. The van der Waals surface area contributed by atoms with Crippen LogP contribution >= 0.6 is 7.82 Å². The quantitative estimate of drug-likeness (QED) is 0.0604. The fraction of sp³-hybridized carbons (Fsp3) is 0.926. The van der Waals surface area contributed by atoms with Crippen LogP contribution in [0, 0.1) is 0 Å². The van der Waals surface area contributed by atoms with Crippen molar-refractivity contribution >= 4 is 7.82 Å². The SMILES string of the molecule is CCCCCCCCCCC/C=C\CCCCCCCCCOP(=O)(O)OCC[N+](C)(C)C. The summed E-state index contributed by atoms with van der Waals surface area (Å²) in [5.41, 5.74) is 0. The van der Waals surface area contributed by atoms with E-state index in [1.807, 2.05) is 21.1 Å². The first kappa shape index (κ1) is 32.8. The number of hydrogen-bond donors (Lipinski definition) is 1. The van der Waals surface area contributed by atoms with Gasteiger partial charge in [-0.2, -0.15) is 0 Å². The minimum atomic E-state index is -3.89. The first-order chi connectivity index (χ1) is 15.8. The summed E-state index contributed by atoms with van der Waals surface area (Å²) in [7, 11) is 2.16. The average Bonchev–Trinajstić information content (AvgIpc) is 2.73. The number of hydrogen-bond acceptors (Lipinski definition) is 3. The Hall–Kier alpha value is -0.190. The van der Waals surface area contributed by atoms with E-state index in [9.17, 15) is 9.46 Å². The Morgan fingerprint density at radius 3 is 1.48 bits per heavy atom. The van der Waals surface area contributed by atoms with Gasteiger partial charge in [0.15, 0.2) is 0 Å². The molecule has 0 saturated heterocycles. The van der Waals surface area contributed by atoms with E-state index < -0.39 is 7.82 Å². The zero-order chi connectivity index (χ0) is 24.7. The summed E-state index contributed by atoms with van der Waals surface area (Å²) >= 11 is 0.